The van der Waals surface area contributed by atoms with E-state index in [1.54, 1.807) is 0 Å². The normalized spacial score (nSPS) is 9.81. The molecule has 0 saturated heterocycles. The smallest absolute Gasteiger partial charge is 0.346 e. The number of halogens is 2. The Bertz CT molecular complexity index is 740. The summed E-state index contributed by atoms with van der Waals surface area (Å²) in [5, 5.41) is 9.02. The van der Waals surface area contributed by atoms with Crippen molar-refractivity contribution in [1.29, 1.82) is 5.26 Å². The SMILES string of the molecule is COc1cc(C#N)ccc1OC(=O)c1cc(Cl)ccc1F. The first kappa shape index (κ1) is 14.8. The van der Waals surface area contributed by atoms with Crippen molar-refractivity contribution in [2.24, 2.45) is 0 Å². The lowest BCUT2D eigenvalue weighted by atomic mass is 10.2. The van der Waals surface area contributed by atoms with Crippen LogP contribution >= 0.6 is 11.6 Å². The molecule has 21 heavy (non-hydrogen) atoms. The summed E-state index contributed by atoms with van der Waals surface area (Å²) in [6, 6.07) is 9.79. The van der Waals surface area contributed by atoms with Gasteiger partial charge in [0.05, 0.1) is 24.3 Å². The molecule has 0 fully saturated rings. The van der Waals surface area contributed by atoms with Crippen LogP contribution < -0.4 is 9.47 Å². The third-order valence-corrected chi connectivity index (χ3v) is 2.88. The number of rotatable bonds is 3. The molecule has 2 aromatic carbocycles. The number of ether oxygens (including phenoxy) is 2. The Balaban J connectivity index is 2.32. The second-order valence-electron chi connectivity index (χ2n) is 3.99. The minimum atomic E-state index is -0.905. The first-order chi connectivity index (χ1) is 10.0. The third kappa shape index (κ3) is 3.30. The minimum Gasteiger partial charge on any atom is -0.493 e. The highest BCUT2D eigenvalue weighted by molar-refractivity contribution is 6.30. The van der Waals surface area contributed by atoms with Gasteiger partial charge in [-0.25, -0.2) is 9.18 Å². The molecule has 0 unspecified atom stereocenters. The van der Waals surface area contributed by atoms with Crippen molar-refractivity contribution in [3.8, 4) is 17.6 Å². The van der Waals surface area contributed by atoms with Crippen molar-refractivity contribution in [1.82, 2.24) is 0 Å². The fourth-order valence-corrected chi connectivity index (χ4v) is 1.80. The van der Waals surface area contributed by atoms with Crippen LogP contribution in [0.25, 0.3) is 0 Å². The zero-order valence-corrected chi connectivity index (χ0v) is 11.6. The number of nitrogens with zero attached hydrogens (tertiary/aromatic N) is 1. The van der Waals surface area contributed by atoms with Gasteiger partial charge < -0.3 is 9.47 Å². The van der Waals surface area contributed by atoms with Crippen molar-refractivity contribution in [2.45, 2.75) is 0 Å². The fourth-order valence-electron chi connectivity index (χ4n) is 1.63. The molecule has 0 aromatic heterocycles. The van der Waals surface area contributed by atoms with Crippen molar-refractivity contribution >= 4 is 17.6 Å². The predicted molar refractivity (Wildman–Crippen MR) is 74.1 cm³/mol. The summed E-state index contributed by atoms with van der Waals surface area (Å²) in [4.78, 5) is 12.0. The van der Waals surface area contributed by atoms with Crippen LogP contribution in [0.4, 0.5) is 4.39 Å². The zero-order chi connectivity index (χ0) is 15.4. The molecule has 0 bridgehead atoms. The number of esters is 1. The zero-order valence-electron chi connectivity index (χ0n) is 10.9. The van der Waals surface area contributed by atoms with Crippen LogP contribution in [0.2, 0.25) is 5.02 Å². The van der Waals surface area contributed by atoms with Gasteiger partial charge in [0.1, 0.15) is 5.82 Å². The van der Waals surface area contributed by atoms with E-state index in [9.17, 15) is 9.18 Å². The van der Waals surface area contributed by atoms with Crippen molar-refractivity contribution in [3.63, 3.8) is 0 Å². The van der Waals surface area contributed by atoms with Crippen LogP contribution in [0.3, 0.4) is 0 Å². The lowest BCUT2D eigenvalue weighted by Crippen LogP contribution is -2.11. The molecule has 0 saturated carbocycles. The average Bonchev–Trinajstić information content (AvgIpc) is 2.49. The van der Waals surface area contributed by atoms with Crippen LogP contribution in [0.15, 0.2) is 36.4 Å². The van der Waals surface area contributed by atoms with Crippen LogP contribution in [0.1, 0.15) is 15.9 Å². The highest BCUT2D eigenvalue weighted by Crippen LogP contribution is 2.29. The number of hydrogen-bond acceptors (Lipinski definition) is 4. The van der Waals surface area contributed by atoms with E-state index in [4.69, 9.17) is 26.3 Å². The maximum atomic E-state index is 13.6. The summed E-state index contributed by atoms with van der Waals surface area (Å²) in [6.07, 6.45) is 0. The molecule has 0 amide bonds. The molecule has 0 heterocycles. The van der Waals surface area contributed by atoms with Crippen molar-refractivity contribution in [3.05, 3.63) is 58.4 Å². The second-order valence-corrected chi connectivity index (χ2v) is 4.43. The van der Waals surface area contributed by atoms with Gasteiger partial charge in [-0.1, -0.05) is 11.6 Å². The van der Waals surface area contributed by atoms with Crippen LogP contribution in [-0.2, 0) is 0 Å². The molecule has 0 aliphatic carbocycles. The molecular formula is C15H9ClFNO3. The summed E-state index contributed by atoms with van der Waals surface area (Å²) < 4.78 is 23.7. The number of nitriles is 1. The monoisotopic (exact) mass is 305 g/mol. The molecule has 106 valence electrons. The quantitative estimate of drug-likeness (QED) is 0.642. The summed E-state index contributed by atoms with van der Waals surface area (Å²) in [5.74, 6) is -1.36. The van der Waals surface area contributed by atoms with Gasteiger partial charge in [0.2, 0.25) is 0 Å². The van der Waals surface area contributed by atoms with E-state index >= 15 is 0 Å². The van der Waals surface area contributed by atoms with E-state index in [1.807, 2.05) is 6.07 Å². The van der Waals surface area contributed by atoms with Crippen LogP contribution in [-0.4, -0.2) is 13.1 Å². The number of carbonyl (C=O) groups is 1. The molecule has 0 atom stereocenters. The Morgan fingerprint density at radius 2 is 2.00 bits per heavy atom. The third-order valence-electron chi connectivity index (χ3n) is 2.64. The number of benzene rings is 2. The topological polar surface area (TPSA) is 59.3 Å². The molecule has 6 heteroatoms. The van der Waals surface area contributed by atoms with Gasteiger partial charge >= 0.3 is 5.97 Å². The molecular weight excluding hydrogens is 297 g/mol. The first-order valence-corrected chi connectivity index (χ1v) is 6.18. The number of methoxy groups -OCH3 is 1. The van der Waals surface area contributed by atoms with Gasteiger partial charge in [0, 0.05) is 11.1 Å². The largest absolute Gasteiger partial charge is 0.493 e. The van der Waals surface area contributed by atoms with Gasteiger partial charge in [-0.05, 0) is 30.3 Å². The highest BCUT2D eigenvalue weighted by Gasteiger charge is 2.17. The standard InChI is InChI=1S/C15H9ClFNO3/c1-20-14-6-9(8-18)2-5-13(14)21-15(19)11-7-10(16)3-4-12(11)17/h2-7H,1H3. The Kier molecular flexibility index (Phi) is 4.41. The minimum absolute atomic E-state index is 0.0841. The van der Waals surface area contributed by atoms with Gasteiger partial charge in [0.15, 0.2) is 11.5 Å². The molecule has 0 aliphatic rings. The predicted octanol–water partition coefficient (Wildman–Crippen LogP) is 3.58. The van der Waals surface area contributed by atoms with Crippen molar-refractivity contribution < 1.29 is 18.7 Å². The van der Waals surface area contributed by atoms with E-state index in [1.165, 1.54) is 37.4 Å². The fraction of sp³-hybridized carbons (Fsp3) is 0.0667. The molecule has 0 spiro atoms. The van der Waals surface area contributed by atoms with Gasteiger partial charge in [-0.3, -0.25) is 0 Å². The highest BCUT2D eigenvalue weighted by atomic mass is 35.5. The number of carbonyl (C=O) groups excluding carboxylic acids is 1. The first-order valence-electron chi connectivity index (χ1n) is 5.80. The molecule has 0 radical (unpaired) electrons. The summed E-state index contributed by atoms with van der Waals surface area (Å²) >= 11 is 5.73. The number of hydrogen-bond donors (Lipinski definition) is 0. The van der Waals surface area contributed by atoms with Gasteiger partial charge in [-0.2, -0.15) is 5.26 Å². The van der Waals surface area contributed by atoms with Gasteiger partial charge in [0.25, 0.3) is 0 Å². The van der Waals surface area contributed by atoms with E-state index in [0.717, 1.165) is 6.07 Å². The van der Waals surface area contributed by atoms with E-state index < -0.39 is 11.8 Å². The molecule has 0 N–H and O–H groups in total. The lowest BCUT2D eigenvalue weighted by molar-refractivity contribution is 0.0725. The lowest BCUT2D eigenvalue weighted by Gasteiger charge is -2.09. The van der Waals surface area contributed by atoms with Crippen LogP contribution in [0, 0.1) is 17.1 Å². The van der Waals surface area contributed by atoms with Crippen molar-refractivity contribution in [2.75, 3.05) is 7.11 Å². The summed E-state index contributed by atoms with van der Waals surface area (Å²) in [5.41, 5.74) is 0.0643. The van der Waals surface area contributed by atoms with Gasteiger partial charge in [-0.15, -0.1) is 0 Å². The summed E-state index contributed by atoms with van der Waals surface area (Å²) in [7, 11) is 1.37. The average molecular weight is 306 g/mol. The van der Waals surface area contributed by atoms with E-state index in [-0.39, 0.29) is 22.1 Å². The Labute approximate surface area is 125 Å². The molecule has 0 aliphatic heterocycles. The molecule has 2 rings (SSSR count). The van der Waals surface area contributed by atoms with E-state index in [0.29, 0.717) is 5.56 Å². The molecule has 2 aromatic rings. The second kappa shape index (κ2) is 6.25. The van der Waals surface area contributed by atoms with Crippen LogP contribution in [0.5, 0.6) is 11.5 Å². The molecule has 4 nitrogen and oxygen atoms in total. The van der Waals surface area contributed by atoms with E-state index in [2.05, 4.69) is 0 Å². The Hall–Kier alpha value is -2.58. The summed E-state index contributed by atoms with van der Waals surface area (Å²) in [6.45, 7) is 0. The maximum absolute atomic E-state index is 13.6. The maximum Gasteiger partial charge on any atom is 0.346 e. The Morgan fingerprint density at radius 3 is 2.67 bits per heavy atom. The Morgan fingerprint density at radius 1 is 1.24 bits per heavy atom.